The first kappa shape index (κ1) is 19.1. The van der Waals surface area contributed by atoms with Crippen molar-refractivity contribution in [2.24, 2.45) is 0 Å². The van der Waals surface area contributed by atoms with Crippen LogP contribution in [0.15, 0.2) is 73.3 Å². The van der Waals surface area contributed by atoms with Gasteiger partial charge in [-0.3, -0.25) is 9.36 Å². The van der Waals surface area contributed by atoms with E-state index in [0.29, 0.717) is 28.6 Å². The van der Waals surface area contributed by atoms with Crippen molar-refractivity contribution in [3.63, 3.8) is 0 Å². The van der Waals surface area contributed by atoms with Crippen LogP contribution in [-0.4, -0.2) is 32.5 Å². The van der Waals surface area contributed by atoms with Crippen molar-refractivity contribution in [2.75, 3.05) is 17.7 Å². The van der Waals surface area contributed by atoms with Gasteiger partial charge in [0, 0.05) is 35.4 Å². The summed E-state index contributed by atoms with van der Waals surface area (Å²) in [6.07, 6.45) is 5.21. The van der Waals surface area contributed by atoms with Gasteiger partial charge in [-0.25, -0.2) is 15.0 Å². The minimum Gasteiger partial charge on any atom is -0.497 e. The largest absolute Gasteiger partial charge is 0.497 e. The highest BCUT2D eigenvalue weighted by molar-refractivity contribution is 6.04. The first-order valence-corrected chi connectivity index (χ1v) is 9.27. The van der Waals surface area contributed by atoms with Crippen LogP contribution in [0.1, 0.15) is 16.2 Å². The molecule has 0 atom stereocenters. The molecule has 8 heteroatoms. The van der Waals surface area contributed by atoms with E-state index in [1.807, 2.05) is 48.0 Å². The first-order chi connectivity index (χ1) is 14.6. The van der Waals surface area contributed by atoms with Crippen molar-refractivity contribution in [3.8, 4) is 11.6 Å². The van der Waals surface area contributed by atoms with Crippen LogP contribution in [0.25, 0.3) is 5.82 Å². The van der Waals surface area contributed by atoms with E-state index in [4.69, 9.17) is 4.74 Å². The summed E-state index contributed by atoms with van der Waals surface area (Å²) in [5, 5.41) is 6.14. The van der Waals surface area contributed by atoms with Gasteiger partial charge in [0.1, 0.15) is 29.5 Å². The lowest BCUT2D eigenvalue weighted by molar-refractivity contribution is 0.102. The Hall–Kier alpha value is -4.20. The number of aromatic nitrogens is 4. The van der Waals surface area contributed by atoms with Gasteiger partial charge in [0.05, 0.1) is 7.11 Å². The Morgan fingerprint density at radius 2 is 1.73 bits per heavy atom. The highest BCUT2D eigenvalue weighted by Crippen LogP contribution is 2.20. The van der Waals surface area contributed by atoms with Crippen LogP contribution in [0, 0.1) is 6.92 Å². The molecule has 30 heavy (non-hydrogen) atoms. The molecule has 2 N–H and O–H groups in total. The normalized spacial score (nSPS) is 10.5. The number of nitrogens with zero attached hydrogens (tertiary/aromatic N) is 4. The summed E-state index contributed by atoms with van der Waals surface area (Å²) in [7, 11) is 1.59. The molecule has 150 valence electrons. The number of aryl methyl sites for hydroxylation is 1. The topological polar surface area (TPSA) is 94.0 Å². The van der Waals surface area contributed by atoms with Crippen molar-refractivity contribution in [1.29, 1.82) is 0 Å². The van der Waals surface area contributed by atoms with Gasteiger partial charge in [0.25, 0.3) is 5.91 Å². The van der Waals surface area contributed by atoms with E-state index in [-0.39, 0.29) is 5.91 Å². The number of carbonyl (C=O) groups excluding carboxylic acids is 1. The third kappa shape index (κ3) is 4.44. The zero-order valence-electron chi connectivity index (χ0n) is 16.5. The Labute approximate surface area is 173 Å². The summed E-state index contributed by atoms with van der Waals surface area (Å²) in [5.74, 6) is 2.56. The Morgan fingerprint density at radius 1 is 1.00 bits per heavy atom. The molecule has 8 nitrogen and oxygen atoms in total. The van der Waals surface area contributed by atoms with Gasteiger partial charge in [0.2, 0.25) is 0 Å². The molecule has 2 aromatic carbocycles. The zero-order chi connectivity index (χ0) is 20.9. The van der Waals surface area contributed by atoms with E-state index < -0.39 is 0 Å². The third-order valence-electron chi connectivity index (χ3n) is 4.36. The van der Waals surface area contributed by atoms with Gasteiger partial charge in [-0.1, -0.05) is 0 Å². The number of carbonyl (C=O) groups is 1. The van der Waals surface area contributed by atoms with Crippen LogP contribution >= 0.6 is 0 Å². The Morgan fingerprint density at radius 3 is 2.40 bits per heavy atom. The fourth-order valence-corrected chi connectivity index (χ4v) is 2.87. The Balaban J connectivity index is 1.44. The summed E-state index contributed by atoms with van der Waals surface area (Å²) < 4.78 is 6.93. The quantitative estimate of drug-likeness (QED) is 0.509. The maximum absolute atomic E-state index is 12.4. The van der Waals surface area contributed by atoms with E-state index in [1.54, 1.807) is 43.9 Å². The van der Waals surface area contributed by atoms with E-state index in [0.717, 1.165) is 11.5 Å². The second-order valence-electron chi connectivity index (χ2n) is 6.51. The van der Waals surface area contributed by atoms with E-state index in [1.165, 1.54) is 0 Å². The highest BCUT2D eigenvalue weighted by atomic mass is 16.5. The van der Waals surface area contributed by atoms with Gasteiger partial charge in [0.15, 0.2) is 0 Å². The number of anilines is 3. The first-order valence-electron chi connectivity index (χ1n) is 9.27. The number of imidazole rings is 1. The van der Waals surface area contributed by atoms with Crippen molar-refractivity contribution >= 4 is 23.1 Å². The molecular weight excluding hydrogens is 380 g/mol. The second-order valence-corrected chi connectivity index (χ2v) is 6.51. The maximum atomic E-state index is 12.4. The van der Waals surface area contributed by atoms with Gasteiger partial charge < -0.3 is 15.4 Å². The van der Waals surface area contributed by atoms with Crippen molar-refractivity contribution in [1.82, 2.24) is 19.5 Å². The summed E-state index contributed by atoms with van der Waals surface area (Å²) >= 11 is 0. The maximum Gasteiger partial charge on any atom is 0.255 e. The van der Waals surface area contributed by atoms with Gasteiger partial charge in [-0.15, -0.1) is 0 Å². The SMILES string of the molecule is COc1ccc(C(=O)Nc2ccc(Nc3cc(-n4ccnc4)nc(C)n3)cc2)cc1. The molecule has 0 unspecified atom stereocenters. The summed E-state index contributed by atoms with van der Waals surface area (Å²) in [6, 6.07) is 16.2. The molecule has 0 aliphatic heterocycles. The molecule has 0 radical (unpaired) electrons. The van der Waals surface area contributed by atoms with E-state index in [2.05, 4.69) is 25.6 Å². The van der Waals surface area contributed by atoms with Crippen LogP contribution in [0.5, 0.6) is 5.75 Å². The summed E-state index contributed by atoms with van der Waals surface area (Å²) in [5.41, 5.74) is 2.09. The van der Waals surface area contributed by atoms with Crippen molar-refractivity contribution in [3.05, 3.63) is 84.7 Å². The predicted molar refractivity (Wildman–Crippen MR) is 115 cm³/mol. The average molecular weight is 400 g/mol. The minimum atomic E-state index is -0.185. The summed E-state index contributed by atoms with van der Waals surface area (Å²) in [4.78, 5) is 25.3. The molecule has 0 spiro atoms. The highest BCUT2D eigenvalue weighted by Gasteiger charge is 2.07. The monoisotopic (exact) mass is 400 g/mol. The summed E-state index contributed by atoms with van der Waals surface area (Å²) in [6.45, 7) is 1.84. The molecule has 2 heterocycles. The molecule has 0 fully saturated rings. The van der Waals surface area contributed by atoms with Crippen LogP contribution in [0.3, 0.4) is 0 Å². The molecular formula is C22H20N6O2. The van der Waals surface area contributed by atoms with Crippen LogP contribution in [-0.2, 0) is 0 Å². The number of rotatable bonds is 6. The molecule has 2 aromatic heterocycles. The van der Waals surface area contributed by atoms with E-state index in [9.17, 15) is 4.79 Å². The van der Waals surface area contributed by atoms with Gasteiger partial charge in [-0.2, -0.15) is 0 Å². The molecule has 4 rings (SSSR count). The number of amides is 1. The number of hydrogen-bond donors (Lipinski definition) is 2. The molecule has 0 bridgehead atoms. The molecule has 0 saturated heterocycles. The molecule has 0 aliphatic rings. The lowest BCUT2D eigenvalue weighted by atomic mass is 10.2. The van der Waals surface area contributed by atoms with E-state index >= 15 is 0 Å². The standard InChI is InChI=1S/C22H20N6O2/c1-15-24-20(13-21(25-15)28-12-11-23-14-28)26-17-5-7-18(8-6-17)27-22(29)16-3-9-19(30-2)10-4-16/h3-14H,1-2H3,(H,27,29)(H,24,25,26). The number of nitrogens with one attached hydrogen (secondary N) is 2. The fourth-order valence-electron chi connectivity index (χ4n) is 2.87. The lowest BCUT2D eigenvalue weighted by Crippen LogP contribution is -2.11. The van der Waals surface area contributed by atoms with Crippen LogP contribution < -0.4 is 15.4 Å². The molecule has 0 aliphatic carbocycles. The number of benzene rings is 2. The van der Waals surface area contributed by atoms with Gasteiger partial charge in [-0.05, 0) is 55.5 Å². The second kappa shape index (κ2) is 8.44. The van der Waals surface area contributed by atoms with Crippen LogP contribution in [0.2, 0.25) is 0 Å². The Bertz CT molecular complexity index is 1140. The number of ether oxygens (including phenoxy) is 1. The van der Waals surface area contributed by atoms with Crippen LogP contribution in [0.4, 0.5) is 17.2 Å². The van der Waals surface area contributed by atoms with Gasteiger partial charge >= 0.3 is 0 Å². The third-order valence-corrected chi connectivity index (χ3v) is 4.36. The fraction of sp³-hybridized carbons (Fsp3) is 0.0909. The van der Waals surface area contributed by atoms with Crippen molar-refractivity contribution in [2.45, 2.75) is 6.92 Å². The number of methoxy groups -OCH3 is 1. The predicted octanol–water partition coefficient (Wildman–Crippen LogP) is 3.98. The molecule has 1 amide bonds. The number of hydrogen-bond acceptors (Lipinski definition) is 6. The minimum absolute atomic E-state index is 0.185. The average Bonchev–Trinajstić information content (AvgIpc) is 3.30. The molecule has 0 saturated carbocycles. The lowest BCUT2D eigenvalue weighted by Gasteiger charge is -2.10. The smallest absolute Gasteiger partial charge is 0.255 e. The van der Waals surface area contributed by atoms with Crippen molar-refractivity contribution < 1.29 is 9.53 Å². The Kier molecular flexibility index (Phi) is 5.38. The molecule has 4 aromatic rings. The zero-order valence-corrected chi connectivity index (χ0v) is 16.5.